The molecular formula is C26H24N2O2. The molecule has 5 rings (SSSR count). The van der Waals surface area contributed by atoms with E-state index in [1.165, 1.54) is 5.56 Å². The predicted molar refractivity (Wildman–Crippen MR) is 120 cm³/mol. The summed E-state index contributed by atoms with van der Waals surface area (Å²) in [6.45, 7) is 6.46. The number of anilines is 1. The number of carbonyl (C=O) groups excluding carboxylic acids is 1. The van der Waals surface area contributed by atoms with Gasteiger partial charge in [0.25, 0.3) is 5.91 Å². The van der Waals surface area contributed by atoms with Crippen molar-refractivity contribution in [2.45, 2.75) is 32.9 Å². The summed E-state index contributed by atoms with van der Waals surface area (Å²) in [6, 6.07) is 21.6. The molecule has 1 aromatic heterocycles. The summed E-state index contributed by atoms with van der Waals surface area (Å²) in [6.07, 6.45) is 0. The number of hydrogen-bond donors (Lipinski definition) is 2. The molecule has 1 amide bonds. The topological polar surface area (TPSA) is 56.3 Å². The Hall–Kier alpha value is -3.37. The summed E-state index contributed by atoms with van der Waals surface area (Å²) >= 11 is 0. The number of aliphatic hydroxyl groups is 1. The van der Waals surface area contributed by atoms with Gasteiger partial charge in [-0.2, -0.15) is 0 Å². The maximum atomic E-state index is 13.8. The van der Waals surface area contributed by atoms with E-state index in [2.05, 4.69) is 37.0 Å². The van der Waals surface area contributed by atoms with E-state index in [1.54, 1.807) is 4.90 Å². The first-order valence-electron chi connectivity index (χ1n) is 10.2. The maximum Gasteiger partial charge on any atom is 0.268 e. The Morgan fingerprint density at radius 2 is 1.70 bits per heavy atom. The lowest BCUT2D eigenvalue weighted by Gasteiger charge is -2.24. The number of aryl methyl sites for hydroxylation is 3. The Morgan fingerprint density at radius 1 is 0.967 bits per heavy atom. The molecule has 3 aromatic carbocycles. The van der Waals surface area contributed by atoms with Crippen LogP contribution < -0.4 is 4.90 Å². The molecule has 30 heavy (non-hydrogen) atoms. The van der Waals surface area contributed by atoms with Gasteiger partial charge in [0.1, 0.15) is 0 Å². The predicted octanol–water partition coefficient (Wildman–Crippen LogP) is 4.88. The number of hydrogen-bond acceptors (Lipinski definition) is 2. The van der Waals surface area contributed by atoms with Crippen LogP contribution in [0.15, 0.2) is 66.7 Å². The summed E-state index contributed by atoms with van der Waals surface area (Å²) in [5, 5.41) is 12.9. The normalized spacial score (nSPS) is 18.3. The average molecular weight is 396 g/mol. The quantitative estimate of drug-likeness (QED) is 0.519. The van der Waals surface area contributed by atoms with Crippen molar-refractivity contribution in [2.24, 2.45) is 0 Å². The molecule has 0 unspecified atom stereocenters. The Morgan fingerprint density at radius 3 is 2.50 bits per heavy atom. The van der Waals surface area contributed by atoms with E-state index in [-0.39, 0.29) is 5.91 Å². The highest BCUT2D eigenvalue weighted by Crippen LogP contribution is 2.48. The number of rotatable bonds is 3. The van der Waals surface area contributed by atoms with E-state index in [9.17, 15) is 9.90 Å². The molecule has 1 aliphatic rings. The van der Waals surface area contributed by atoms with Crippen LogP contribution in [-0.4, -0.2) is 16.0 Å². The van der Waals surface area contributed by atoms with Gasteiger partial charge in [-0.15, -0.1) is 0 Å². The largest absolute Gasteiger partial charge is 0.372 e. The molecule has 0 aliphatic carbocycles. The van der Waals surface area contributed by atoms with Crippen LogP contribution in [0.4, 0.5) is 5.69 Å². The van der Waals surface area contributed by atoms with Crippen molar-refractivity contribution in [1.82, 2.24) is 4.98 Å². The summed E-state index contributed by atoms with van der Waals surface area (Å²) in [4.78, 5) is 18.9. The van der Waals surface area contributed by atoms with E-state index in [4.69, 9.17) is 0 Å². The molecule has 4 heteroatoms. The molecule has 0 spiro atoms. The second-order valence-corrected chi connectivity index (χ2v) is 8.22. The van der Waals surface area contributed by atoms with Gasteiger partial charge in [0, 0.05) is 27.7 Å². The van der Waals surface area contributed by atoms with Crippen molar-refractivity contribution in [3.05, 3.63) is 100 Å². The van der Waals surface area contributed by atoms with Crippen LogP contribution in [0.5, 0.6) is 0 Å². The molecule has 150 valence electrons. The van der Waals surface area contributed by atoms with Crippen molar-refractivity contribution in [3.8, 4) is 0 Å². The second-order valence-electron chi connectivity index (χ2n) is 8.22. The minimum absolute atomic E-state index is 0.309. The number of carbonyl (C=O) groups is 1. The molecule has 4 aromatic rings. The van der Waals surface area contributed by atoms with Crippen LogP contribution in [0, 0.1) is 20.8 Å². The van der Waals surface area contributed by atoms with Crippen LogP contribution in [0.3, 0.4) is 0 Å². The first kappa shape index (κ1) is 18.6. The van der Waals surface area contributed by atoms with Crippen molar-refractivity contribution in [2.75, 3.05) is 4.90 Å². The Kier molecular flexibility index (Phi) is 4.09. The third kappa shape index (κ3) is 2.54. The molecule has 0 bridgehead atoms. The highest BCUT2D eigenvalue weighted by Gasteiger charge is 2.52. The Labute approximate surface area is 175 Å². The molecular weight excluding hydrogens is 372 g/mol. The van der Waals surface area contributed by atoms with Gasteiger partial charge in [0.2, 0.25) is 0 Å². The van der Waals surface area contributed by atoms with Gasteiger partial charge >= 0.3 is 0 Å². The van der Waals surface area contributed by atoms with E-state index in [0.29, 0.717) is 17.7 Å². The standard InChI is InChI=1S/C26H24N2O2/c1-16-12-13-19(17(2)14-16)15-28-23-11-7-5-9-21(23)26(30,25(28)29)24-18(3)27-22-10-6-4-8-20(22)24/h4-14,27,30H,15H2,1-3H3/t26-/m0/s1. The fourth-order valence-electron chi connectivity index (χ4n) is 4.77. The molecule has 1 aliphatic heterocycles. The highest BCUT2D eigenvalue weighted by molar-refractivity contribution is 6.11. The van der Waals surface area contributed by atoms with Gasteiger partial charge in [0.15, 0.2) is 5.60 Å². The Balaban J connectivity index is 1.69. The minimum atomic E-state index is -1.72. The summed E-state index contributed by atoms with van der Waals surface area (Å²) in [7, 11) is 0. The highest BCUT2D eigenvalue weighted by atomic mass is 16.3. The van der Waals surface area contributed by atoms with Gasteiger partial charge in [-0.3, -0.25) is 4.79 Å². The number of H-pyrrole nitrogens is 1. The zero-order valence-electron chi connectivity index (χ0n) is 17.4. The van der Waals surface area contributed by atoms with Gasteiger partial charge in [-0.1, -0.05) is 60.2 Å². The molecule has 2 heterocycles. The van der Waals surface area contributed by atoms with Crippen molar-refractivity contribution in [3.63, 3.8) is 0 Å². The van der Waals surface area contributed by atoms with Gasteiger partial charge in [-0.25, -0.2) is 0 Å². The number of aromatic nitrogens is 1. The smallest absolute Gasteiger partial charge is 0.268 e. The summed E-state index contributed by atoms with van der Waals surface area (Å²) in [5.41, 5.74) is 5.42. The van der Waals surface area contributed by atoms with E-state index >= 15 is 0 Å². The number of benzene rings is 3. The van der Waals surface area contributed by atoms with E-state index in [1.807, 2.05) is 55.5 Å². The zero-order valence-corrected chi connectivity index (χ0v) is 17.4. The van der Waals surface area contributed by atoms with Crippen LogP contribution in [0.25, 0.3) is 10.9 Å². The van der Waals surface area contributed by atoms with Crippen LogP contribution in [0.1, 0.15) is 33.5 Å². The number of para-hydroxylation sites is 2. The van der Waals surface area contributed by atoms with E-state index < -0.39 is 5.60 Å². The molecule has 2 N–H and O–H groups in total. The number of nitrogens with one attached hydrogen (secondary N) is 1. The summed E-state index contributed by atoms with van der Waals surface area (Å²) in [5.74, 6) is -0.309. The zero-order chi connectivity index (χ0) is 21.0. The van der Waals surface area contributed by atoms with Crippen molar-refractivity contribution < 1.29 is 9.90 Å². The lowest BCUT2D eigenvalue weighted by Crippen LogP contribution is -2.41. The number of nitrogens with zero attached hydrogens (tertiary/aromatic N) is 1. The van der Waals surface area contributed by atoms with Crippen molar-refractivity contribution >= 4 is 22.5 Å². The summed E-state index contributed by atoms with van der Waals surface area (Å²) < 4.78 is 0. The third-order valence-electron chi connectivity index (χ3n) is 6.22. The van der Waals surface area contributed by atoms with Crippen molar-refractivity contribution in [1.29, 1.82) is 0 Å². The maximum absolute atomic E-state index is 13.8. The molecule has 0 saturated carbocycles. The van der Waals surface area contributed by atoms with Crippen LogP contribution in [-0.2, 0) is 16.9 Å². The van der Waals surface area contributed by atoms with E-state index in [0.717, 1.165) is 33.4 Å². The first-order chi connectivity index (χ1) is 14.4. The first-order valence-corrected chi connectivity index (χ1v) is 10.2. The fourth-order valence-corrected chi connectivity index (χ4v) is 4.77. The SMILES string of the molecule is Cc1ccc(CN2C(=O)[C@@](O)(c3c(C)[nH]c4ccccc34)c3ccccc32)c(C)c1. The fraction of sp³-hybridized carbons (Fsp3) is 0.192. The van der Waals surface area contributed by atoms with Gasteiger partial charge in [0.05, 0.1) is 12.2 Å². The van der Waals surface area contributed by atoms with Gasteiger partial charge < -0.3 is 15.0 Å². The van der Waals surface area contributed by atoms with Crippen LogP contribution in [0.2, 0.25) is 0 Å². The molecule has 0 saturated heterocycles. The van der Waals surface area contributed by atoms with Gasteiger partial charge in [-0.05, 0) is 44.0 Å². The monoisotopic (exact) mass is 396 g/mol. The third-order valence-corrected chi connectivity index (χ3v) is 6.22. The molecule has 1 atom stereocenters. The Bertz CT molecular complexity index is 1300. The average Bonchev–Trinajstić information content (AvgIpc) is 3.17. The lowest BCUT2D eigenvalue weighted by molar-refractivity contribution is -0.132. The lowest BCUT2D eigenvalue weighted by atomic mass is 9.85. The number of fused-ring (bicyclic) bond motifs is 2. The molecule has 0 radical (unpaired) electrons. The second kappa shape index (κ2) is 6.57. The number of aromatic amines is 1. The molecule has 0 fully saturated rings. The molecule has 4 nitrogen and oxygen atoms in total. The minimum Gasteiger partial charge on any atom is -0.372 e. The van der Waals surface area contributed by atoms with Crippen LogP contribution >= 0.6 is 0 Å². The number of amides is 1.